The van der Waals surface area contributed by atoms with Crippen molar-refractivity contribution in [3.63, 3.8) is 0 Å². The van der Waals surface area contributed by atoms with E-state index in [4.69, 9.17) is 0 Å². The smallest absolute Gasteiger partial charge is 0.245 e. The average molecular weight is 423 g/mol. The molecule has 1 aliphatic rings. The van der Waals surface area contributed by atoms with Crippen molar-refractivity contribution in [3.05, 3.63) is 101 Å². The monoisotopic (exact) mass is 423 g/mol. The van der Waals surface area contributed by atoms with Crippen LogP contribution in [-0.4, -0.2) is 21.9 Å². The summed E-state index contributed by atoms with van der Waals surface area (Å²) in [4.78, 5) is 39.9. The van der Waals surface area contributed by atoms with Crippen LogP contribution in [0.1, 0.15) is 56.3 Å². The summed E-state index contributed by atoms with van der Waals surface area (Å²) in [5, 5.41) is 2.05. The maximum absolute atomic E-state index is 13.4. The zero-order valence-corrected chi connectivity index (χ0v) is 18.0. The quantitative estimate of drug-likeness (QED) is 0.314. The largest absolute Gasteiger partial charge is 0.290 e. The molecule has 32 heavy (non-hydrogen) atoms. The fourth-order valence-corrected chi connectivity index (χ4v) is 4.43. The number of carbonyl (C=O) groups excluding carboxylic acids is 3. The van der Waals surface area contributed by atoms with Crippen molar-refractivity contribution in [2.75, 3.05) is 0 Å². The Labute approximate surface area is 185 Å². The summed E-state index contributed by atoms with van der Waals surface area (Å²) < 4.78 is 3.47. The van der Waals surface area contributed by atoms with Gasteiger partial charge in [-0.1, -0.05) is 74.5 Å². The summed E-state index contributed by atoms with van der Waals surface area (Å²) in [7, 11) is 0. The average Bonchev–Trinajstić information content (AvgIpc) is 3.14. The molecule has 4 aromatic rings. The Morgan fingerprint density at radius 1 is 0.875 bits per heavy atom. The molecule has 1 aliphatic carbocycles. The highest BCUT2D eigenvalue weighted by Crippen LogP contribution is 2.26. The first-order valence-electron chi connectivity index (χ1n) is 10.8. The van der Waals surface area contributed by atoms with E-state index in [-0.39, 0.29) is 29.8 Å². The van der Waals surface area contributed by atoms with Crippen molar-refractivity contribution in [1.29, 1.82) is 0 Å². The summed E-state index contributed by atoms with van der Waals surface area (Å²) in [6, 6.07) is 20.4. The second kappa shape index (κ2) is 7.68. The van der Waals surface area contributed by atoms with Gasteiger partial charge in [0.25, 0.3) is 0 Å². The van der Waals surface area contributed by atoms with Crippen LogP contribution in [0.4, 0.5) is 0 Å². The summed E-state index contributed by atoms with van der Waals surface area (Å²) in [6.07, 6.45) is 1.74. The van der Waals surface area contributed by atoms with Crippen molar-refractivity contribution in [3.8, 4) is 0 Å². The number of ketones is 3. The molecular formula is C27H23N2O3+. The number of hydrogen-bond donors (Lipinski definition) is 0. The Bertz CT molecular complexity index is 1410. The topological polar surface area (TPSA) is 60.0 Å². The van der Waals surface area contributed by atoms with Crippen LogP contribution >= 0.6 is 0 Å². The van der Waals surface area contributed by atoms with Crippen LogP contribution in [0.5, 0.6) is 0 Å². The van der Waals surface area contributed by atoms with E-state index in [1.54, 1.807) is 35.2 Å². The van der Waals surface area contributed by atoms with E-state index < -0.39 is 0 Å². The van der Waals surface area contributed by atoms with Crippen molar-refractivity contribution in [2.24, 2.45) is 5.92 Å². The number of benzene rings is 3. The molecule has 5 nitrogen and oxygen atoms in total. The highest BCUT2D eigenvalue weighted by Gasteiger charge is 2.41. The molecule has 0 atom stereocenters. The van der Waals surface area contributed by atoms with Crippen molar-refractivity contribution < 1.29 is 19.0 Å². The van der Waals surface area contributed by atoms with Crippen LogP contribution in [-0.2, 0) is 13.1 Å². The first-order valence-corrected chi connectivity index (χ1v) is 10.8. The lowest BCUT2D eigenvalue weighted by Crippen LogP contribution is -2.43. The Kier molecular flexibility index (Phi) is 4.82. The van der Waals surface area contributed by atoms with E-state index >= 15 is 0 Å². The van der Waals surface area contributed by atoms with Crippen molar-refractivity contribution >= 4 is 28.1 Å². The van der Waals surface area contributed by atoms with E-state index in [0.717, 1.165) is 10.8 Å². The second-order valence-corrected chi connectivity index (χ2v) is 8.68. The zero-order chi connectivity index (χ0) is 22.4. The Morgan fingerprint density at radius 3 is 2.25 bits per heavy atom. The lowest BCUT2D eigenvalue weighted by atomic mass is 9.89. The number of aromatic nitrogens is 2. The molecule has 0 fully saturated rings. The lowest BCUT2D eigenvalue weighted by Gasteiger charge is -2.13. The molecule has 158 valence electrons. The van der Waals surface area contributed by atoms with Gasteiger partial charge in [-0.2, -0.15) is 0 Å². The van der Waals surface area contributed by atoms with Crippen LogP contribution < -0.4 is 4.57 Å². The van der Waals surface area contributed by atoms with Gasteiger partial charge in [-0.3, -0.25) is 14.4 Å². The maximum Gasteiger partial charge on any atom is 0.245 e. The number of carbonyl (C=O) groups is 3. The number of rotatable bonds is 5. The zero-order valence-electron chi connectivity index (χ0n) is 18.0. The minimum absolute atomic E-state index is 0.00699. The molecule has 0 saturated carbocycles. The molecule has 0 spiro atoms. The highest BCUT2D eigenvalue weighted by molar-refractivity contribution is 6.26. The van der Waals surface area contributed by atoms with Crippen LogP contribution in [0.15, 0.2) is 73.1 Å². The molecule has 0 saturated heterocycles. The second-order valence-electron chi connectivity index (χ2n) is 8.68. The van der Waals surface area contributed by atoms with Gasteiger partial charge < -0.3 is 0 Å². The van der Waals surface area contributed by atoms with Gasteiger partial charge in [-0.15, -0.1) is 0 Å². The van der Waals surface area contributed by atoms with Crippen LogP contribution in [0, 0.1) is 5.92 Å². The summed E-state index contributed by atoms with van der Waals surface area (Å²) >= 11 is 0. The Balaban J connectivity index is 1.58. The number of fused-ring (bicyclic) bond motifs is 3. The normalized spacial score (nSPS) is 12.8. The number of nitrogens with zero attached hydrogens (tertiary/aromatic N) is 2. The molecule has 1 heterocycles. The number of imidazole rings is 1. The van der Waals surface area contributed by atoms with Gasteiger partial charge in [-0.25, -0.2) is 9.13 Å². The van der Waals surface area contributed by atoms with Crippen LogP contribution in [0.2, 0.25) is 0 Å². The molecule has 1 aromatic heterocycles. The van der Waals surface area contributed by atoms with Gasteiger partial charge in [0, 0.05) is 16.7 Å². The van der Waals surface area contributed by atoms with Crippen molar-refractivity contribution in [1.82, 2.24) is 4.57 Å². The van der Waals surface area contributed by atoms with Gasteiger partial charge in [0.1, 0.15) is 0 Å². The van der Waals surface area contributed by atoms with Crippen LogP contribution in [0.25, 0.3) is 10.8 Å². The third-order valence-corrected chi connectivity index (χ3v) is 5.87. The number of hydrogen-bond acceptors (Lipinski definition) is 3. The van der Waals surface area contributed by atoms with E-state index in [1.165, 1.54) is 0 Å². The van der Waals surface area contributed by atoms with Crippen LogP contribution in [0.3, 0.4) is 0 Å². The molecule has 0 N–H and O–H groups in total. The molecular weight excluding hydrogens is 400 g/mol. The molecule has 0 bridgehead atoms. The summed E-state index contributed by atoms with van der Waals surface area (Å²) in [5.41, 5.74) is 2.05. The molecule has 5 rings (SSSR count). The molecule has 0 aliphatic heterocycles. The molecule has 5 heteroatoms. The molecule has 3 aromatic carbocycles. The third kappa shape index (κ3) is 3.26. The Hall–Kier alpha value is -3.86. The standard InChI is InChI=1S/C27H23N2O3/c1-17(2)14-28-16-29(15-23(30)20-12-11-18-7-3-4-8-19(18)13-20)25-24(28)26(31)21-9-5-6-10-22(21)27(25)32/h3-13,16-17H,14-15H2,1-2H3/q+1. The Morgan fingerprint density at radius 2 is 1.53 bits per heavy atom. The molecule has 0 unspecified atom stereocenters. The van der Waals surface area contributed by atoms with Gasteiger partial charge in [0.15, 0.2) is 6.54 Å². The minimum atomic E-state index is -0.219. The fourth-order valence-electron chi connectivity index (χ4n) is 4.43. The summed E-state index contributed by atoms with van der Waals surface area (Å²) in [5.74, 6) is -0.225. The van der Waals surface area contributed by atoms with E-state index in [1.807, 2.05) is 47.0 Å². The highest BCUT2D eigenvalue weighted by atomic mass is 16.1. The first kappa shape index (κ1) is 20.1. The molecule has 0 amide bonds. The summed E-state index contributed by atoms with van der Waals surface area (Å²) in [6.45, 7) is 4.69. The van der Waals surface area contributed by atoms with Gasteiger partial charge in [0.05, 0.1) is 6.54 Å². The molecule has 0 radical (unpaired) electrons. The van der Waals surface area contributed by atoms with Gasteiger partial charge in [-0.05, 0) is 22.8 Å². The predicted molar refractivity (Wildman–Crippen MR) is 121 cm³/mol. The van der Waals surface area contributed by atoms with E-state index in [2.05, 4.69) is 13.8 Å². The third-order valence-electron chi connectivity index (χ3n) is 5.87. The maximum atomic E-state index is 13.4. The number of Topliss-reactive ketones (excluding diaryl/α,β-unsaturated/α-hetero) is 1. The van der Waals surface area contributed by atoms with E-state index in [0.29, 0.717) is 34.6 Å². The van der Waals surface area contributed by atoms with E-state index in [9.17, 15) is 14.4 Å². The van der Waals surface area contributed by atoms with Gasteiger partial charge in [0.2, 0.25) is 35.1 Å². The van der Waals surface area contributed by atoms with Gasteiger partial charge >= 0.3 is 0 Å². The first-order chi connectivity index (χ1) is 15.4. The fraction of sp³-hybridized carbons (Fsp3) is 0.185. The van der Waals surface area contributed by atoms with Crippen molar-refractivity contribution in [2.45, 2.75) is 26.9 Å². The minimum Gasteiger partial charge on any atom is -0.290 e. The SMILES string of the molecule is CC(C)Cn1c[n+](CC(=O)c2ccc3ccccc3c2)c2c1C(=O)c1ccccc1C2=O. The predicted octanol–water partition coefficient (Wildman–Crippen LogP) is 4.24. The lowest BCUT2D eigenvalue weighted by molar-refractivity contribution is -0.684.